The Labute approximate surface area is 103 Å². The van der Waals surface area contributed by atoms with E-state index in [0.717, 1.165) is 24.2 Å². The summed E-state index contributed by atoms with van der Waals surface area (Å²) in [6, 6.07) is 0. The van der Waals surface area contributed by atoms with Gasteiger partial charge in [-0.25, -0.2) is 0 Å². The minimum absolute atomic E-state index is 0.0921. The van der Waals surface area contributed by atoms with Gasteiger partial charge in [0.2, 0.25) is 5.91 Å². The van der Waals surface area contributed by atoms with Crippen molar-refractivity contribution in [1.29, 1.82) is 0 Å². The van der Waals surface area contributed by atoms with Crippen molar-refractivity contribution in [3.63, 3.8) is 0 Å². The summed E-state index contributed by atoms with van der Waals surface area (Å²) in [5, 5.41) is 7.20. The summed E-state index contributed by atoms with van der Waals surface area (Å²) in [4.78, 5) is 11.5. The Kier molecular flexibility index (Phi) is 4.94. The van der Waals surface area contributed by atoms with Crippen LogP contribution >= 0.6 is 0 Å². The van der Waals surface area contributed by atoms with Gasteiger partial charge in [0.25, 0.3) is 0 Å². The molecule has 1 aromatic heterocycles. The Morgan fingerprint density at radius 2 is 2.24 bits per heavy atom. The topological polar surface area (TPSA) is 46.9 Å². The lowest BCUT2D eigenvalue weighted by atomic mass is 10.1. The van der Waals surface area contributed by atoms with Crippen molar-refractivity contribution >= 4 is 5.91 Å². The molecule has 0 spiro atoms. The molecule has 4 heteroatoms. The van der Waals surface area contributed by atoms with Gasteiger partial charge in [0, 0.05) is 25.7 Å². The summed E-state index contributed by atoms with van der Waals surface area (Å²) >= 11 is 0. The summed E-state index contributed by atoms with van der Waals surface area (Å²) in [7, 11) is 1.93. The van der Waals surface area contributed by atoms with Crippen molar-refractivity contribution in [2.24, 2.45) is 7.05 Å². The lowest BCUT2D eigenvalue weighted by Gasteiger charge is -2.04. The molecule has 0 aliphatic heterocycles. The zero-order chi connectivity index (χ0) is 12.8. The fourth-order valence-electron chi connectivity index (χ4n) is 1.82. The lowest BCUT2D eigenvalue weighted by molar-refractivity contribution is -0.121. The number of rotatable bonds is 6. The van der Waals surface area contributed by atoms with Gasteiger partial charge in [0.1, 0.15) is 0 Å². The number of hydrogen-bond donors (Lipinski definition) is 1. The monoisotopic (exact) mass is 235 g/mol. The molecule has 0 saturated heterocycles. The van der Waals surface area contributed by atoms with Crippen LogP contribution in [0.3, 0.4) is 0 Å². The molecule has 0 fully saturated rings. The van der Waals surface area contributed by atoms with E-state index in [-0.39, 0.29) is 5.91 Å². The lowest BCUT2D eigenvalue weighted by Crippen LogP contribution is -2.24. The molecule has 0 unspecified atom stereocenters. The van der Waals surface area contributed by atoms with Crippen molar-refractivity contribution in [3.05, 3.63) is 29.6 Å². The third-order valence-corrected chi connectivity index (χ3v) is 2.93. The van der Waals surface area contributed by atoms with Crippen LogP contribution in [0.2, 0.25) is 0 Å². The molecule has 1 amide bonds. The maximum Gasteiger partial charge on any atom is 0.220 e. The van der Waals surface area contributed by atoms with Crippen molar-refractivity contribution in [2.75, 3.05) is 6.54 Å². The van der Waals surface area contributed by atoms with Crippen molar-refractivity contribution in [2.45, 2.75) is 33.1 Å². The molecule has 0 bridgehead atoms. The standard InChI is InChI=1S/C13H21N3O/c1-5-6-9-14-13(17)8-7-12-10(2)15-16(4)11(12)3/h5H,1,6-9H2,2-4H3,(H,14,17). The molecule has 0 atom stereocenters. The number of nitrogens with one attached hydrogen (secondary N) is 1. The SMILES string of the molecule is C=CCCNC(=O)CCc1c(C)nn(C)c1C. The highest BCUT2D eigenvalue weighted by Gasteiger charge is 2.10. The predicted molar refractivity (Wildman–Crippen MR) is 68.8 cm³/mol. The van der Waals surface area contributed by atoms with Crippen LogP contribution in [0.25, 0.3) is 0 Å². The third-order valence-electron chi connectivity index (χ3n) is 2.93. The number of carbonyl (C=O) groups excluding carboxylic acids is 1. The number of amides is 1. The highest BCUT2D eigenvalue weighted by Crippen LogP contribution is 2.13. The molecule has 17 heavy (non-hydrogen) atoms. The zero-order valence-corrected chi connectivity index (χ0v) is 10.9. The van der Waals surface area contributed by atoms with Crippen LogP contribution in [-0.2, 0) is 18.3 Å². The van der Waals surface area contributed by atoms with Crippen molar-refractivity contribution < 1.29 is 4.79 Å². The molecular formula is C13H21N3O. The van der Waals surface area contributed by atoms with Crippen LogP contribution in [0.4, 0.5) is 0 Å². The first kappa shape index (κ1) is 13.5. The van der Waals surface area contributed by atoms with E-state index in [4.69, 9.17) is 0 Å². The second-order valence-corrected chi connectivity index (χ2v) is 4.20. The van der Waals surface area contributed by atoms with Gasteiger partial charge in [-0.2, -0.15) is 5.10 Å². The van der Waals surface area contributed by atoms with Gasteiger partial charge in [0.15, 0.2) is 0 Å². The summed E-state index contributed by atoms with van der Waals surface area (Å²) in [5.41, 5.74) is 3.34. The minimum Gasteiger partial charge on any atom is -0.356 e. The van der Waals surface area contributed by atoms with E-state index in [1.54, 1.807) is 6.08 Å². The maximum absolute atomic E-state index is 11.5. The van der Waals surface area contributed by atoms with Gasteiger partial charge < -0.3 is 5.32 Å². The zero-order valence-electron chi connectivity index (χ0n) is 10.9. The molecule has 0 aromatic carbocycles. The maximum atomic E-state index is 11.5. The summed E-state index contributed by atoms with van der Waals surface area (Å²) < 4.78 is 1.86. The smallest absolute Gasteiger partial charge is 0.220 e. The number of aromatic nitrogens is 2. The number of carbonyl (C=O) groups is 1. The Bertz CT molecular complexity index is 407. The minimum atomic E-state index is 0.0921. The number of hydrogen-bond acceptors (Lipinski definition) is 2. The van der Waals surface area contributed by atoms with Crippen LogP contribution in [-0.4, -0.2) is 22.2 Å². The van der Waals surface area contributed by atoms with Gasteiger partial charge >= 0.3 is 0 Å². The average molecular weight is 235 g/mol. The molecule has 1 N–H and O–H groups in total. The van der Waals surface area contributed by atoms with Crippen LogP contribution < -0.4 is 5.32 Å². The predicted octanol–water partition coefficient (Wildman–Crippen LogP) is 1.66. The second-order valence-electron chi connectivity index (χ2n) is 4.20. The second kappa shape index (κ2) is 6.23. The van der Waals surface area contributed by atoms with Crippen molar-refractivity contribution in [3.8, 4) is 0 Å². The third kappa shape index (κ3) is 3.73. The molecular weight excluding hydrogens is 214 g/mol. The number of nitrogens with zero attached hydrogens (tertiary/aromatic N) is 2. The highest BCUT2D eigenvalue weighted by molar-refractivity contribution is 5.76. The summed E-state index contributed by atoms with van der Waals surface area (Å²) in [6.45, 7) is 8.31. The molecule has 1 heterocycles. The van der Waals surface area contributed by atoms with Crippen LogP contribution in [0.1, 0.15) is 29.8 Å². The Morgan fingerprint density at radius 3 is 2.76 bits per heavy atom. The van der Waals surface area contributed by atoms with Gasteiger partial charge in [-0.05, 0) is 32.3 Å². The average Bonchev–Trinajstić information content (AvgIpc) is 2.51. The first-order valence-corrected chi connectivity index (χ1v) is 5.93. The summed E-state index contributed by atoms with van der Waals surface area (Å²) in [5.74, 6) is 0.0921. The van der Waals surface area contributed by atoms with Gasteiger partial charge in [-0.3, -0.25) is 9.48 Å². The molecule has 0 radical (unpaired) electrons. The molecule has 0 aliphatic carbocycles. The van der Waals surface area contributed by atoms with E-state index in [1.807, 2.05) is 25.6 Å². The number of aryl methyl sites for hydroxylation is 2. The Balaban J connectivity index is 2.44. The molecule has 1 aromatic rings. The van der Waals surface area contributed by atoms with Crippen molar-refractivity contribution in [1.82, 2.24) is 15.1 Å². The Morgan fingerprint density at radius 1 is 1.53 bits per heavy atom. The van der Waals surface area contributed by atoms with E-state index >= 15 is 0 Å². The molecule has 4 nitrogen and oxygen atoms in total. The van der Waals surface area contributed by atoms with Crippen LogP contribution in [0, 0.1) is 13.8 Å². The van der Waals surface area contributed by atoms with E-state index < -0.39 is 0 Å². The Hall–Kier alpha value is -1.58. The van der Waals surface area contributed by atoms with Gasteiger partial charge in [-0.1, -0.05) is 6.08 Å². The first-order chi connectivity index (χ1) is 8.06. The molecule has 1 rings (SSSR count). The van der Waals surface area contributed by atoms with Gasteiger partial charge in [0.05, 0.1) is 5.69 Å². The quantitative estimate of drug-likeness (QED) is 0.602. The molecule has 94 valence electrons. The van der Waals surface area contributed by atoms with E-state index in [1.165, 1.54) is 5.56 Å². The van der Waals surface area contributed by atoms with Gasteiger partial charge in [-0.15, -0.1) is 6.58 Å². The van der Waals surface area contributed by atoms with E-state index in [9.17, 15) is 4.79 Å². The van der Waals surface area contributed by atoms with Crippen LogP contribution in [0.5, 0.6) is 0 Å². The molecule has 0 saturated carbocycles. The van der Waals surface area contributed by atoms with E-state index in [0.29, 0.717) is 13.0 Å². The fraction of sp³-hybridized carbons (Fsp3) is 0.538. The molecule has 0 aliphatic rings. The summed E-state index contributed by atoms with van der Waals surface area (Å²) in [6.07, 6.45) is 3.89. The normalized spacial score (nSPS) is 10.3. The fourth-order valence-corrected chi connectivity index (χ4v) is 1.82. The first-order valence-electron chi connectivity index (χ1n) is 5.93. The highest BCUT2D eigenvalue weighted by atomic mass is 16.1. The van der Waals surface area contributed by atoms with Crippen LogP contribution in [0.15, 0.2) is 12.7 Å². The van der Waals surface area contributed by atoms with E-state index in [2.05, 4.69) is 17.0 Å². The largest absolute Gasteiger partial charge is 0.356 e.